The molecule has 0 saturated heterocycles. The molecule has 0 bridgehead atoms. The second kappa shape index (κ2) is 35.3. The van der Waals surface area contributed by atoms with E-state index in [-0.39, 0.29) is 0 Å². The summed E-state index contributed by atoms with van der Waals surface area (Å²) in [6.45, 7) is 45.8. The maximum absolute atomic E-state index is 5.67. The largest absolute Gasteiger partial charge is 0.461 e. The molecule has 12 aromatic heterocycles. The van der Waals surface area contributed by atoms with Crippen molar-refractivity contribution >= 4 is 102 Å². The minimum atomic E-state index is 0.369. The first kappa shape index (κ1) is 68.8. The van der Waals surface area contributed by atoms with Crippen molar-refractivity contribution in [2.45, 2.75) is 179 Å². The van der Waals surface area contributed by atoms with Gasteiger partial charge in [-0.25, -0.2) is 0 Å². The van der Waals surface area contributed by atoms with Crippen molar-refractivity contribution in [3.63, 3.8) is 0 Å². The maximum Gasteiger partial charge on any atom is 0.200 e. The normalized spacial score (nSPS) is 9.84. The predicted octanol–water partition coefficient (Wildman–Crippen LogP) is 24.4. The van der Waals surface area contributed by atoms with Gasteiger partial charge in [0.05, 0.1) is 24.4 Å². The molecule has 77 heavy (non-hydrogen) atoms. The van der Waals surface area contributed by atoms with Gasteiger partial charge in [-0.3, -0.25) is 0 Å². The van der Waals surface area contributed by atoms with Gasteiger partial charge in [0.25, 0.3) is 0 Å². The summed E-state index contributed by atoms with van der Waals surface area (Å²) >= 11 is 16.8. The van der Waals surface area contributed by atoms with Gasteiger partial charge in [-0.1, -0.05) is 104 Å². The Morgan fingerprint density at radius 2 is 0.805 bits per heavy atom. The lowest BCUT2D eigenvalue weighted by Gasteiger charge is -1.89. The second-order valence-electron chi connectivity index (χ2n) is 15.1. The van der Waals surface area contributed by atoms with Crippen LogP contribution in [-0.2, 0) is 19.3 Å². The number of rotatable bonds is 3. The van der Waals surface area contributed by atoms with Crippen LogP contribution in [0.5, 0.6) is 0 Å². The molecule has 0 aliphatic heterocycles. The molecule has 0 atom stereocenters. The van der Waals surface area contributed by atoms with Crippen LogP contribution >= 0.6 is 34.8 Å². The summed E-state index contributed by atoms with van der Waals surface area (Å²) in [6, 6.07) is 12.6. The van der Waals surface area contributed by atoms with Gasteiger partial charge in [-0.05, 0) is 90.2 Å². The molecule has 15 heteroatoms. The van der Waals surface area contributed by atoms with Crippen LogP contribution in [0.3, 0.4) is 0 Å². The molecule has 12 rings (SSSR count). The van der Waals surface area contributed by atoms with E-state index in [0.29, 0.717) is 38.0 Å². The molecular formula is C62H85Cl3O12. The Morgan fingerprint density at radius 1 is 0.351 bits per heavy atom. The zero-order valence-electron chi connectivity index (χ0n) is 49.9. The van der Waals surface area contributed by atoms with Crippen molar-refractivity contribution in [2.24, 2.45) is 0 Å². The molecule has 0 aliphatic carbocycles. The molecule has 0 amide bonds. The van der Waals surface area contributed by atoms with Crippen LogP contribution in [0, 0.1) is 55.4 Å². The minimum absolute atomic E-state index is 0.369. The van der Waals surface area contributed by atoms with Gasteiger partial charge in [0.15, 0.2) is 77.4 Å². The van der Waals surface area contributed by atoms with Crippen LogP contribution in [0.2, 0.25) is 15.7 Å². The van der Waals surface area contributed by atoms with Gasteiger partial charge < -0.3 is 53.0 Å². The van der Waals surface area contributed by atoms with Crippen LogP contribution in [0.4, 0.5) is 0 Å². The smallest absolute Gasteiger partial charge is 0.200 e. The van der Waals surface area contributed by atoms with Crippen molar-refractivity contribution in [3.8, 4) is 0 Å². The molecule has 0 aliphatic rings. The Labute approximate surface area is 470 Å². The molecule has 0 aromatic carbocycles. The molecule has 12 heterocycles. The average molecular weight is 1130 g/mol. The highest BCUT2D eigenvalue weighted by Gasteiger charge is 2.15. The van der Waals surface area contributed by atoms with Gasteiger partial charge in [-0.15, -0.1) is 0 Å². The highest BCUT2D eigenvalue weighted by atomic mass is 35.5. The standard InChI is InChI=1S/2C10H12O2.C9H10O2.3C7H5ClO2.6C2H6/c1-4-8-5-9-10(12-8)6(2)7(3)11-9;1-4-8-7(3)10-9(12-8)5-6(2)11-10;1-3-7-6(2)9-8(11-7)4-5-10-9;1-4-3-9-5-2-6(8)10-7(4)5;1-4-2-5-6(9-4)3-7(8)10-5;1-4-6-5(2-3-9-6)10-7(4)8;6*1-2/h2*5H,4H2,1-3H3;4-5H,3H2,1-2H3;3*2-3H,1H3;6*1-2H3. The third-order valence-corrected chi connectivity index (χ3v) is 11.2. The van der Waals surface area contributed by atoms with E-state index in [4.69, 9.17) is 87.8 Å². The Kier molecular flexibility index (Phi) is 31.5. The lowest BCUT2D eigenvalue weighted by atomic mass is 10.2. The summed E-state index contributed by atoms with van der Waals surface area (Å²) < 4.78 is 63.5. The minimum Gasteiger partial charge on any atom is -0.461 e. The summed E-state index contributed by atoms with van der Waals surface area (Å²) in [5.74, 6) is 5.75. The van der Waals surface area contributed by atoms with Crippen LogP contribution in [0.1, 0.15) is 166 Å². The Hall–Kier alpha value is -6.21. The van der Waals surface area contributed by atoms with E-state index in [1.165, 1.54) is 0 Å². The van der Waals surface area contributed by atoms with Crippen LogP contribution in [-0.4, -0.2) is 0 Å². The van der Waals surface area contributed by atoms with E-state index < -0.39 is 0 Å². The molecule has 12 aromatic rings. The fraction of sp³-hybridized carbons (Fsp3) is 0.419. The van der Waals surface area contributed by atoms with Gasteiger partial charge in [-0.2, -0.15) is 0 Å². The molecule has 12 nitrogen and oxygen atoms in total. The Balaban J connectivity index is 0.000000444. The average Bonchev–Trinajstić information content (AvgIpc) is 4.31. The monoisotopic (exact) mass is 1130 g/mol. The van der Waals surface area contributed by atoms with Crippen molar-refractivity contribution in [1.82, 2.24) is 0 Å². The quantitative estimate of drug-likeness (QED) is 0.165. The third kappa shape index (κ3) is 18.2. The molecule has 426 valence electrons. The van der Waals surface area contributed by atoms with Crippen LogP contribution in [0.25, 0.3) is 67.0 Å². The Morgan fingerprint density at radius 3 is 1.30 bits per heavy atom. The predicted molar refractivity (Wildman–Crippen MR) is 320 cm³/mol. The van der Waals surface area contributed by atoms with Crippen molar-refractivity contribution in [2.75, 3.05) is 0 Å². The number of fused-ring (bicyclic) bond motifs is 6. The molecular weight excluding hydrogens is 1040 g/mol. The van der Waals surface area contributed by atoms with Crippen LogP contribution < -0.4 is 0 Å². The number of hydrogen-bond acceptors (Lipinski definition) is 12. The lowest BCUT2D eigenvalue weighted by molar-refractivity contribution is 0.553. The maximum atomic E-state index is 5.67. The summed E-state index contributed by atoms with van der Waals surface area (Å²) in [5, 5.41) is 1.15. The van der Waals surface area contributed by atoms with Gasteiger partial charge in [0, 0.05) is 84.0 Å². The lowest BCUT2D eigenvalue weighted by Crippen LogP contribution is -1.77. The van der Waals surface area contributed by atoms with Crippen LogP contribution in [0.15, 0.2) is 114 Å². The van der Waals surface area contributed by atoms with Crippen molar-refractivity contribution in [3.05, 3.63) is 139 Å². The number of furan rings is 12. The van der Waals surface area contributed by atoms with Gasteiger partial charge in [0.1, 0.15) is 34.6 Å². The van der Waals surface area contributed by atoms with E-state index in [9.17, 15) is 0 Å². The number of aryl methyl sites for hydroxylation is 11. The first-order valence-electron chi connectivity index (χ1n) is 26.9. The zero-order chi connectivity index (χ0) is 58.7. The first-order chi connectivity index (χ1) is 37.1. The highest BCUT2D eigenvalue weighted by molar-refractivity contribution is 6.30. The van der Waals surface area contributed by atoms with E-state index in [0.717, 1.165) is 126 Å². The van der Waals surface area contributed by atoms with Crippen molar-refractivity contribution < 1.29 is 53.0 Å². The fourth-order valence-corrected chi connectivity index (χ4v) is 7.44. The van der Waals surface area contributed by atoms with E-state index >= 15 is 0 Å². The van der Waals surface area contributed by atoms with E-state index in [1.54, 1.807) is 43.1 Å². The molecule has 0 fully saturated rings. The van der Waals surface area contributed by atoms with E-state index in [1.807, 2.05) is 157 Å². The van der Waals surface area contributed by atoms with E-state index in [2.05, 4.69) is 20.8 Å². The number of hydrogen-bond donors (Lipinski definition) is 0. The first-order valence-corrected chi connectivity index (χ1v) is 28.0. The number of halogens is 3. The molecule has 0 spiro atoms. The zero-order valence-corrected chi connectivity index (χ0v) is 52.2. The van der Waals surface area contributed by atoms with Crippen molar-refractivity contribution in [1.29, 1.82) is 0 Å². The summed E-state index contributed by atoms with van der Waals surface area (Å²) in [6.07, 6.45) is 7.65. The third-order valence-electron chi connectivity index (χ3n) is 10.5. The SMILES string of the molecule is CC.CC.CC.CC.CC.CC.CCc1cc2oc(C)c(C)c2o1.CCc1oc2cc(C)oc2c1C.CCc1oc2ccoc2c1C.Cc1c(Cl)oc2ccoc12.Cc1cc2oc(Cl)cc2o1.Cc1coc2cc(Cl)oc12. The topological polar surface area (TPSA) is 158 Å². The second-order valence-corrected chi connectivity index (χ2v) is 16.2. The van der Waals surface area contributed by atoms with Gasteiger partial charge in [0.2, 0.25) is 5.22 Å². The fourth-order valence-electron chi connectivity index (χ4n) is 6.92. The molecule has 0 N–H and O–H groups in total. The molecule has 0 saturated carbocycles. The molecule has 0 radical (unpaired) electrons. The molecule has 0 unspecified atom stereocenters. The van der Waals surface area contributed by atoms with Gasteiger partial charge >= 0.3 is 0 Å². The Bertz CT molecular complexity index is 3370. The summed E-state index contributed by atoms with van der Waals surface area (Å²) in [4.78, 5) is 0. The highest BCUT2D eigenvalue weighted by Crippen LogP contribution is 2.32. The summed E-state index contributed by atoms with van der Waals surface area (Å²) in [5.41, 5.74) is 14.9. The summed E-state index contributed by atoms with van der Waals surface area (Å²) in [7, 11) is 0.